The first-order chi connectivity index (χ1) is 19.9. The summed E-state index contributed by atoms with van der Waals surface area (Å²) in [6.07, 6.45) is 0. The van der Waals surface area contributed by atoms with E-state index in [9.17, 15) is 0 Å². The first kappa shape index (κ1) is 20.7. The molecule has 40 heavy (non-hydrogen) atoms. The monoisotopic (exact) mass is 508 g/mol. The van der Waals surface area contributed by atoms with Crippen molar-refractivity contribution < 1.29 is 4.74 Å². The highest BCUT2D eigenvalue weighted by atomic mass is 16.5. The summed E-state index contributed by atoms with van der Waals surface area (Å²) < 4.78 is 11.5. The second kappa shape index (κ2) is 7.25. The molecule has 0 spiro atoms. The van der Waals surface area contributed by atoms with E-state index in [-0.39, 0.29) is 6.71 Å². The summed E-state index contributed by atoms with van der Waals surface area (Å²) in [5, 5.41) is 5.20. The third-order valence-corrected chi connectivity index (χ3v) is 8.95. The smallest absolute Gasteiger partial charge is 0.256 e. The summed E-state index contributed by atoms with van der Waals surface area (Å²) in [6.45, 7) is 0.0853. The molecule has 0 radical (unpaired) electrons. The van der Waals surface area contributed by atoms with Crippen molar-refractivity contribution in [1.29, 1.82) is 0 Å². The van der Waals surface area contributed by atoms with Gasteiger partial charge in [-0.1, -0.05) is 78.9 Å². The van der Waals surface area contributed by atoms with E-state index in [4.69, 9.17) is 4.74 Å². The lowest BCUT2D eigenvalue weighted by atomic mass is 9.34. The molecule has 4 heterocycles. The lowest BCUT2D eigenvalue weighted by molar-refractivity contribution is 0.487. The maximum absolute atomic E-state index is 6.53. The highest BCUT2D eigenvalue weighted by molar-refractivity contribution is 6.99. The number of nitrogens with zero attached hydrogens (tertiary/aromatic N) is 2. The quantitative estimate of drug-likeness (QED) is 0.223. The van der Waals surface area contributed by atoms with E-state index in [0.717, 1.165) is 11.5 Å². The van der Waals surface area contributed by atoms with Crippen molar-refractivity contribution in [2.45, 2.75) is 0 Å². The molecular weight excluding hydrogens is 487 g/mol. The van der Waals surface area contributed by atoms with E-state index in [1.807, 2.05) is 0 Å². The van der Waals surface area contributed by atoms with Crippen LogP contribution < -0.4 is 21.1 Å². The number of fused-ring (bicyclic) bond motifs is 11. The van der Waals surface area contributed by atoms with Crippen molar-refractivity contribution in [2.75, 3.05) is 0 Å². The second-order valence-corrected chi connectivity index (χ2v) is 10.9. The summed E-state index contributed by atoms with van der Waals surface area (Å²) in [5.41, 5.74) is 11.2. The van der Waals surface area contributed by atoms with Crippen molar-refractivity contribution in [1.82, 2.24) is 9.13 Å². The zero-order valence-electron chi connectivity index (χ0n) is 21.5. The molecule has 2 aliphatic heterocycles. The zero-order valence-corrected chi connectivity index (χ0v) is 21.5. The predicted octanol–water partition coefficient (Wildman–Crippen LogP) is 6.82. The average Bonchev–Trinajstić information content (AvgIpc) is 3.53. The molecule has 0 atom stereocenters. The van der Waals surface area contributed by atoms with Crippen LogP contribution in [0.1, 0.15) is 0 Å². The highest BCUT2D eigenvalue weighted by Gasteiger charge is 2.41. The maximum Gasteiger partial charge on any atom is 0.256 e. The summed E-state index contributed by atoms with van der Waals surface area (Å²) >= 11 is 0. The van der Waals surface area contributed by atoms with Crippen LogP contribution in [-0.2, 0) is 0 Å². The highest BCUT2D eigenvalue weighted by Crippen LogP contribution is 2.43. The maximum atomic E-state index is 6.53. The molecule has 0 saturated heterocycles. The van der Waals surface area contributed by atoms with Gasteiger partial charge >= 0.3 is 0 Å². The predicted molar refractivity (Wildman–Crippen MR) is 166 cm³/mol. The first-order valence-corrected chi connectivity index (χ1v) is 13.8. The van der Waals surface area contributed by atoms with Gasteiger partial charge in [-0.05, 0) is 64.9 Å². The summed E-state index contributed by atoms with van der Waals surface area (Å²) in [7, 11) is 0. The van der Waals surface area contributed by atoms with Gasteiger partial charge in [0.1, 0.15) is 11.5 Å². The van der Waals surface area contributed by atoms with E-state index in [2.05, 4.69) is 137 Å². The van der Waals surface area contributed by atoms with Crippen LogP contribution in [-0.4, -0.2) is 15.8 Å². The van der Waals surface area contributed by atoms with Crippen LogP contribution in [0.15, 0.2) is 127 Å². The van der Waals surface area contributed by atoms with Crippen LogP contribution in [0, 0.1) is 0 Å². The zero-order chi connectivity index (χ0) is 25.9. The fourth-order valence-corrected chi connectivity index (χ4v) is 7.48. The van der Waals surface area contributed by atoms with Crippen molar-refractivity contribution in [3.63, 3.8) is 0 Å². The summed E-state index contributed by atoms with van der Waals surface area (Å²) in [6, 6.07) is 46.0. The molecule has 6 aromatic carbocycles. The molecule has 3 nitrogen and oxygen atoms in total. The Balaban J connectivity index is 1.51. The topological polar surface area (TPSA) is 19.1 Å². The lowest BCUT2D eigenvalue weighted by Crippen LogP contribution is -2.58. The minimum absolute atomic E-state index is 0.0853. The van der Waals surface area contributed by atoms with E-state index >= 15 is 0 Å². The molecule has 10 rings (SSSR count). The van der Waals surface area contributed by atoms with Crippen LogP contribution >= 0.6 is 0 Å². The van der Waals surface area contributed by atoms with Crippen molar-refractivity contribution >= 4 is 66.7 Å². The Bertz CT molecular complexity index is 2360. The standard InChI is InChI=1S/C36H21BN2O/c1-2-11-22(12-3-1)38-27-16-7-4-13-23(27)33-30(38)21-26-36-34(33)24-14-5-8-17-28(24)39(36)29-18-10-20-32-35(29)37(26)25-15-6-9-19-31(25)40-32/h1-21H. The van der Waals surface area contributed by atoms with Gasteiger partial charge in [-0.2, -0.15) is 0 Å². The van der Waals surface area contributed by atoms with Gasteiger partial charge in [-0.15, -0.1) is 0 Å². The number of ether oxygens (including phenoxy) is 1. The van der Waals surface area contributed by atoms with Crippen LogP contribution in [0.3, 0.4) is 0 Å². The Morgan fingerprint density at radius 3 is 2.02 bits per heavy atom. The summed E-state index contributed by atoms with van der Waals surface area (Å²) in [5.74, 6) is 1.89. The molecule has 184 valence electrons. The Hall–Kier alpha value is -5.22. The van der Waals surface area contributed by atoms with E-state index in [1.165, 1.54) is 71.4 Å². The molecule has 0 fully saturated rings. The number of hydrogen-bond donors (Lipinski definition) is 0. The van der Waals surface area contributed by atoms with E-state index in [1.54, 1.807) is 0 Å². The van der Waals surface area contributed by atoms with E-state index in [0.29, 0.717) is 0 Å². The number of hydrogen-bond acceptors (Lipinski definition) is 1. The lowest BCUT2D eigenvalue weighted by Gasteiger charge is -2.33. The van der Waals surface area contributed by atoms with Crippen molar-refractivity contribution in [2.24, 2.45) is 0 Å². The molecule has 2 aliphatic rings. The van der Waals surface area contributed by atoms with Gasteiger partial charge in [0.2, 0.25) is 0 Å². The van der Waals surface area contributed by atoms with Crippen LogP contribution in [0.25, 0.3) is 55.0 Å². The molecule has 4 heteroatoms. The molecule has 8 aromatic rings. The Morgan fingerprint density at radius 2 is 1.18 bits per heavy atom. The van der Waals surface area contributed by atoms with Gasteiger partial charge in [-0.3, -0.25) is 0 Å². The second-order valence-electron chi connectivity index (χ2n) is 10.9. The Morgan fingerprint density at radius 1 is 0.500 bits per heavy atom. The molecule has 0 amide bonds. The Kier molecular flexibility index (Phi) is 3.75. The molecule has 0 bridgehead atoms. The number of aromatic nitrogens is 2. The number of benzene rings is 6. The minimum Gasteiger partial charge on any atom is -0.458 e. The Labute approximate surface area is 230 Å². The van der Waals surface area contributed by atoms with Crippen LogP contribution in [0.2, 0.25) is 0 Å². The third kappa shape index (κ3) is 2.39. The van der Waals surface area contributed by atoms with Crippen LogP contribution in [0.4, 0.5) is 0 Å². The van der Waals surface area contributed by atoms with Gasteiger partial charge in [0.05, 0.1) is 22.1 Å². The molecule has 0 aliphatic carbocycles. The average molecular weight is 508 g/mol. The van der Waals surface area contributed by atoms with E-state index < -0.39 is 0 Å². The summed E-state index contributed by atoms with van der Waals surface area (Å²) in [4.78, 5) is 0. The van der Waals surface area contributed by atoms with Crippen molar-refractivity contribution in [3.8, 4) is 22.9 Å². The molecule has 0 saturated carbocycles. The first-order valence-electron chi connectivity index (χ1n) is 13.8. The van der Waals surface area contributed by atoms with Gasteiger partial charge in [0.15, 0.2) is 0 Å². The van der Waals surface area contributed by atoms with Gasteiger partial charge in [-0.25, -0.2) is 0 Å². The number of rotatable bonds is 1. The molecular formula is C36H21BN2O. The normalized spacial score (nSPS) is 13.2. The fourth-order valence-electron chi connectivity index (χ4n) is 7.48. The van der Waals surface area contributed by atoms with Gasteiger partial charge in [0, 0.05) is 32.9 Å². The fraction of sp³-hybridized carbons (Fsp3) is 0. The third-order valence-electron chi connectivity index (χ3n) is 8.95. The number of para-hydroxylation sites is 4. The van der Waals surface area contributed by atoms with Crippen molar-refractivity contribution in [3.05, 3.63) is 127 Å². The molecule has 0 N–H and O–H groups in total. The largest absolute Gasteiger partial charge is 0.458 e. The minimum atomic E-state index is 0.0853. The van der Waals surface area contributed by atoms with Gasteiger partial charge < -0.3 is 13.9 Å². The SMILES string of the molecule is c1ccc(-n2c3ccccc3c3c4c5ccccc5n5c4c(cc32)B2c3ccccc3Oc3cccc-5c32)cc1. The van der Waals surface area contributed by atoms with Crippen LogP contribution in [0.5, 0.6) is 11.5 Å². The van der Waals surface area contributed by atoms with Gasteiger partial charge in [0.25, 0.3) is 6.71 Å². The molecule has 0 unspecified atom stereocenters. The molecule has 2 aromatic heterocycles.